The summed E-state index contributed by atoms with van der Waals surface area (Å²) in [6.45, 7) is 21.6. The Bertz CT molecular complexity index is 5590. The molecule has 0 unspecified atom stereocenters. The Labute approximate surface area is 846 Å². The van der Waals surface area contributed by atoms with E-state index >= 15 is 0 Å². The van der Waals surface area contributed by atoms with E-state index < -0.39 is 117 Å². The quantitative estimate of drug-likeness (QED) is 0.0400. The van der Waals surface area contributed by atoms with Crippen LogP contribution in [0.15, 0.2) is 303 Å². The van der Waals surface area contributed by atoms with Crippen LogP contribution in [0, 0.1) is 45.3 Å². The number of carbonyl (C=O) groups excluding carboxylic acids is 12. The van der Waals surface area contributed by atoms with Gasteiger partial charge in [-0.15, -0.1) is 0 Å². The normalized spacial score (nSPS) is 23.7. The number of ether oxygens (including phenoxy) is 8. The van der Waals surface area contributed by atoms with E-state index in [-0.39, 0.29) is 98.8 Å². The fourth-order valence-electron chi connectivity index (χ4n) is 20.6. The first-order chi connectivity index (χ1) is 67.4. The SMILES string of the molecule is CCOC(=O)C1=CC[C@@H](c2cccc(Br)c2)[C@@]2(C(=O)N(c3ccccc3)N=C2C)[C@H]1C(=O)OCC.CCOC(=O)C1=CC[C@@H](c2cccc(Br)c2)[C@@]2(C(=O)N(c3ccccc3)N=C2C)[C@H]1C(=O)OCC.CCOC(=O)C1=CC[C@H](c2cccc(Br)c2)[C@]2(C(=O)N(c3ccccc3)N=C2C)[C@@H]1C(=O)OCC.CCOC(=O)C1=CC[C@H](c2cccc(Br)c2)[C@]2(C(=O)N(c3ccccc3)N=C2C)[C@@H]1C(=O)OCC. The molecule has 4 aliphatic heterocycles. The molecule has 4 amide bonds. The molecule has 0 N–H and O–H groups in total. The first-order valence-corrected chi connectivity index (χ1v) is 49.6. The number of amides is 4. The molecular formula is C108H108Br4N8O20. The average molecular weight is 2160 g/mol. The highest BCUT2D eigenvalue weighted by Gasteiger charge is 2.70. The smallest absolute Gasteiger partial charge is 0.334 e. The number of halogens is 4. The minimum Gasteiger partial charge on any atom is -0.465 e. The minimum atomic E-state index is -1.46. The number of hydrogen-bond acceptors (Lipinski definition) is 24. The molecule has 0 saturated heterocycles. The molecule has 4 spiro atoms. The molecule has 8 aromatic carbocycles. The summed E-state index contributed by atoms with van der Waals surface area (Å²) in [5, 5.41) is 23.9. The summed E-state index contributed by atoms with van der Waals surface area (Å²) >= 11 is 14.1. The lowest BCUT2D eigenvalue weighted by Crippen LogP contribution is -2.55. The molecule has 4 aliphatic carbocycles. The lowest BCUT2D eigenvalue weighted by Gasteiger charge is -2.44. The zero-order chi connectivity index (χ0) is 101. The summed E-state index contributed by atoms with van der Waals surface area (Å²) in [5.74, 6) is -13.3. The largest absolute Gasteiger partial charge is 0.465 e. The van der Waals surface area contributed by atoms with Crippen molar-refractivity contribution in [3.05, 3.63) is 305 Å². The van der Waals surface area contributed by atoms with Gasteiger partial charge in [0.25, 0.3) is 23.6 Å². The number of carbonyl (C=O) groups is 12. The number of hydrogen-bond donors (Lipinski definition) is 0. The van der Waals surface area contributed by atoms with Crippen molar-refractivity contribution in [3.8, 4) is 0 Å². The first kappa shape index (κ1) is 104. The molecule has 16 rings (SSSR count). The van der Waals surface area contributed by atoms with E-state index in [0.717, 1.165) is 40.1 Å². The average Bonchev–Trinajstić information content (AvgIpc) is 1.54. The van der Waals surface area contributed by atoms with E-state index in [1.807, 2.05) is 170 Å². The number of anilines is 4. The van der Waals surface area contributed by atoms with Crippen molar-refractivity contribution in [2.24, 2.45) is 65.7 Å². The van der Waals surface area contributed by atoms with Gasteiger partial charge in [-0.2, -0.15) is 40.4 Å². The molecule has 32 heteroatoms. The minimum absolute atomic E-state index is 0.107. The number of nitrogens with zero attached hydrogens (tertiary/aromatic N) is 8. The van der Waals surface area contributed by atoms with Gasteiger partial charge < -0.3 is 37.9 Å². The molecule has 28 nitrogen and oxygen atoms in total. The van der Waals surface area contributed by atoms with Gasteiger partial charge in [0, 0.05) is 63.9 Å². The molecule has 0 fully saturated rings. The topological polar surface area (TPSA) is 341 Å². The van der Waals surface area contributed by atoms with E-state index in [1.165, 1.54) is 20.0 Å². The van der Waals surface area contributed by atoms with Crippen molar-refractivity contribution < 1.29 is 95.4 Å². The summed E-state index contributed by atoms with van der Waals surface area (Å²) in [4.78, 5) is 164. The molecule has 728 valence electrons. The highest BCUT2D eigenvalue weighted by Crippen LogP contribution is 2.62. The van der Waals surface area contributed by atoms with Crippen LogP contribution in [0.5, 0.6) is 0 Å². The number of allylic oxidation sites excluding steroid dienone is 4. The molecule has 0 saturated carbocycles. The standard InChI is InChI=1S/4C27H27BrN2O5/c4*1-4-34-24(31)21-14-15-22(18-10-9-11-19(28)16-18)27(23(21)25(32)35-5-2)17(3)29-30(26(27)33)20-12-7-6-8-13-20/h4*6-14,16,22-23H,4-5,15H2,1-3H3/t4*22-,23+,27+/m1100/s1. The number of para-hydroxylation sites is 4. The van der Waals surface area contributed by atoms with Crippen LogP contribution in [0.3, 0.4) is 0 Å². The van der Waals surface area contributed by atoms with Crippen LogP contribution in [0.25, 0.3) is 0 Å². The van der Waals surface area contributed by atoms with Gasteiger partial charge in [-0.3, -0.25) is 38.4 Å². The summed E-state index contributed by atoms with van der Waals surface area (Å²) in [6, 6.07) is 66.8. The maximum atomic E-state index is 14.4. The Morgan fingerprint density at radius 1 is 0.271 bits per heavy atom. The molecule has 0 radical (unpaired) electrons. The maximum absolute atomic E-state index is 14.4. The Kier molecular flexibility index (Phi) is 34.2. The number of rotatable bonds is 24. The Morgan fingerprint density at radius 2 is 0.450 bits per heavy atom. The van der Waals surface area contributed by atoms with Crippen LogP contribution in [0.2, 0.25) is 0 Å². The fourth-order valence-corrected chi connectivity index (χ4v) is 22.3. The van der Waals surface area contributed by atoms with Gasteiger partial charge in [0.15, 0.2) is 0 Å². The van der Waals surface area contributed by atoms with Crippen LogP contribution < -0.4 is 20.0 Å². The highest BCUT2D eigenvalue weighted by molar-refractivity contribution is 9.11. The summed E-state index contributed by atoms with van der Waals surface area (Å²) in [6.07, 6.45) is 8.24. The van der Waals surface area contributed by atoms with Crippen molar-refractivity contribution in [1.29, 1.82) is 0 Å². The van der Waals surface area contributed by atoms with Gasteiger partial charge in [-0.05, 0) is 228 Å². The van der Waals surface area contributed by atoms with E-state index in [4.69, 9.17) is 37.9 Å². The van der Waals surface area contributed by atoms with Crippen LogP contribution in [0.1, 0.15) is 155 Å². The van der Waals surface area contributed by atoms with Crippen molar-refractivity contribution >= 4 is 181 Å². The van der Waals surface area contributed by atoms with Crippen LogP contribution in [-0.2, 0) is 95.4 Å². The summed E-state index contributed by atoms with van der Waals surface area (Å²) in [7, 11) is 0. The fraction of sp³-hybridized carbons (Fsp3) is 0.333. The van der Waals surface area contributed by atoms with Crippen molar-refractivity contribution in [1.82, 2.24) is 0 Å². The number of hydrazone groups is 4. The van der Waals surface area contributed by atoms with Crippen molar-refractivity contribution in [2.75, 3.05) is 72.9 Å². The second-order valence-electron chi connectivity index (χ2n) is 33.7. The third kappa shape index (κ3) is 19.9. The molecule has 8 aliphatic rings. The van der Waals surface area contributed by atoms with Crippen LogP contribution in [-0.4, -0.2) is 147 Å². The molecule has 0 bridgehead atoms. The van der Waals surface area contributed by atoms with Gasteiger partial charge in [0.05, 0.1) is 98.5 Å². The molecular weight excluding hydrogens is 2050 g/mol. The van der Waals surface area contributed by atoms with Crippen molar-refractivity contribution in [2.45, 2.75) is 132 Å². The Morgan fingerprint density at radius 3 is 0.614 bits per heavy atom. The van der Waals surface area contributed by atoms with Gasteiger partial charge in [0.2, 0.25) is 0 Å². The predicted octanol–water partition coefficient (Wildman–Crippen LogP) is 20.1. The monoisotopic (exact) mass is 2150 g/mol. The Balaban J connectivity index is 0.000000157. The lowest BCUT2D eigenvalue weighted by molar-refractivity contribution is -0.156. The zero-order valence-corrected chi connectivity index (χ0v) is 85.8. The molecule has 4 heterocycles. The van der Waals surface area contributed by atoms with Crippen LogP contribution >= 0.6 is 63.7 Å². The Hall–Kier alpha value is -13.0. The maximum Gasteiger partial charge on any atom is 0.334 e. The van der Waals surface area contributed by atoms with E-state index in [1.54, 1.807) is 156 Å². The van der Waals surface area contributed by atoms with Crippen molar-refractivity contribution in [3.63, 3.8) is 0 Å². The summed E-state index contributed by atoms with van der Waals surface area (Å²) < 4.78 is 46.4. The number of benzene rings is 8. The van der Waals surface area contributed by atoms with Gasteiger partial charge in [-0.1, -0.05) is 209 Å². The van der Waals surface area contributed by atoms with Gasteiger partial charge in [-0.25, -0.2) is 19.2 Å². The van der Waals surface area contributed by atoms with E-state index in [9.17, 15) is 57.5 Å². The third-order valence-corrected chi connectivity index (χ3v) is 28.3. The second-order valence-corrected chi connectivity index (χ2v) is 37.3. The first-order valence-electron chi connectivity index (χ1n) is 46.4. The second kappa shape index (κ2) is 45.9. The van der Waals surface area contributed by atoms with Gasteiger partial charge >= 0.3 is 47.8 Å². The molecule has 8 aromatic rings. The molecule has 12 atom stereocenters. The van der Waals surface area contributed by atoms with E-state index in [2.05, 4.69) is 84.1 Å². The lowest BCUT2D eigenvalue weighted by atomic mass is 9.55. The summed E-state index contributed by atoms with van der Waals surface area (Å²) in [5.41, 5.74) is 2.22. The third-order valence-electron chi connectivity index (χ3n) is 26.3. The zero-order valence-electron chi connectivity index (χ0n) is 79.5. The van der Waals surface area contributed by atoms with E-state index in [0.29, 0.717) is 71.3 Å². The molecule has 0 aromatic heterocycles. The predicted molar refractivity (Wildman–Crippen MR) is 543 cm³/mol. The number of esters is 8. The highest BCUT2D eigenvalue weighted by atomic mass is 79.9. The van der Waals surface area contributed by atoms with Crippen LogP contribution in [0.4, 0.5) is 22.7 Å². The molecule has 140 heavy (non-hydrogen) atoms. The van der Waals surface area contributed by atoms with Gasteiger partial charge in [0.1, 0.15) is 45.3 Å².